The van der Waals surface area contributed by atoms with E-state index in [0.29, 0.717) is 13.1 Å². The summed E-state index contributed by atoms with van der Waals surface area (Å²) in [5.41, 5.74) is 0.720. The van der Waals surface area contributed by atoms with E-state index in [2.05, 4.69) is 16.7 Å². The van der Waals surface area contributed by atoms with E-state index in [-0.39, 0.29) is 12.2 Å². The minimum atomic E-state index is -0.457. The fourth-order valence-electron chi connectivity index (χ4n) is 2.51. The third-order valence-electron chi connectivity index (χ3n) is 3.66. The van der Waals surface area contributed by atoms with E-state index in [4.69, 9.17) is 9.47 Å². The van der Waals surface area contributed by atoms with Crippen molar-refractivity contribution in [1.82, 2.24) is 9.47 Å². The molecule has 3 rings (SSSR count). The van der Waals surface area contributed by atoms with Gasteiger partial charge in [0.05, 0.1) is 13.1 Å². The number of aryl methyl sites for hydroxylation is 1. The van der Waals surface area contributed by atoms with Crippen LogP contribution >= 0.6 is 0 Å². The molecule has 2 heterocycles. The second-order valence-electron chi connectivity index (χ2n) is 6.77. The molecular formula is C17H22N2O3. The smallest absolute Gasteiger partial charge is 0.410 e. The Labute approximate surface area is 130 Å². The Kier molecular flexibility index (Phi) is 3.51. The highest BCUT2D eigenvalue weighted by molar-refractivity contribution is 5.81. The first-order valence-corrected chi connectivity index (χ1v) is 7.51. The molecule has 0 atom stereocenters. The van der Waals surface area contributed by atoms with Gasteiger partial charge >= 0.3 is 6.09 Å². The molecular weight excluding hydrogens is 280 g/mol. The third-order valence-corrected chi connectivity index (χ3v) is 3.66. The van der Waals surface area contributed by atoms with E-state index in [0.717, 1.165) is 11.1 Å². The number of aromatic nitrogens is 1. The number of hydrogen-bond donors (Lipinski definition) is 0. The molecule has 118 valence electrons. The third kappa shape index (κ3) is 3.03. The van der Waals surface area contributed by atoms with Crippen LogP contribution in [0.25, 0.3) is 10.9 Å². The van der Waals surface area contributed by atoms with E-state index < -0.39 is 5.60 Å². The van der Waals surface area contributed by atoms with Crippen LogP contribution in [0.2, 0.25) is 0 Å². The molecule has 1 aliphatic rings. The van der Waals surface area contributed by atoms with Gasteiger partial charge in [-0.1, -0.05) is 0 Å². The Bertz CT molecular complexity index is 693. The number of rotatable bonds is 2. The molecule has 0 bridgehead atoms. The summed E-state index contributed by atoms with van der Waals surface area (Å²) in [6.45, 7) is 6.75. The number of amides is 1. The summed E-state index contributed by atoms with van der Waals surface area (Å²) >= 11 is 0. The van der Waals surface area contributed by atoms with Crippen molar-refractivity contribution in [3.05, 3.63) is 30.5 Å². The molecule has 22 heavy (non-hydrogen) atoms. The van der Waals surface area contributed by atoms with Crippen LogP contribution in [0.15, 0.2) is 30.5 Å². The maximum Gasteiger partial charge on any atom is 0.410 e. The Balaban J connectivity index is 1.56. The van der Waals surface area contributed by atoms with Gasteiger partial charge in [0.1, 0.15) is 17.5 Å². The van der Waals surface area contributed by atoms with E-state index >= 15 is 0 Å². The molecule has 0 unspecified atom stereocenters. The van der Waals surface area contributed by atoms with Crippen LogP contribution in [-0.2, 0) is 11.8 Å². The number of carbonyl (C=O) groups excluding carboxylic acids is 1. The van der Waals surface area contributed by atoms with Gasteiger partial charge in [-0.2, -0.15) is 0 Å². The summed E-state index contributed by atoms with van der Waals surface area (Å²) in [5, 5.41) is 1.16. The lowest BCUT2D eigenvalue weighted by Gasteiger charge is -2.39. The van der Waals surface area contributed by atoms with Crippen molar-refractivity contribution in [2.24, 2.45) is 7.05 Å². The van der Waals surface area contributed by atoms with E-state index in [1.54, 1.807) is 4.90 Å². The van der Waals surface area contributed by atoms with Gasteiger partial charge in [0.2, 0.25) is 0 Å². The summed E-state index contributed by atoms with van der Waals surface area (Å²) in [7, 11) is 2.02. The highest BCUT2D eigenvalue weighted by Gasteiger charge is 2.35. The van der Waals surface area contributed by atoms with Gasteiger partial charge in [0.15, 0.2) is 0 Å². The Morgan fingerprint density at radius 1 is 1.23 bits per heavy atom. The van der Waals surface area contributed by atoms with Crippen LogP contribution < -0.4 is 4.74 Å². The second-order valence-corrected chi connectivity index (χ2v) is 6.77. The zero-order chi connectivity index (χ0) is 15.9. The number of fused-ring (bicyclic) bond motifs is 1. The monoisotopic (exact) mass is 302 g/mol. The van der Waals surface area contributed by atoms with Gasteiger partial charge in [0, 0.05) is 24.1 Å². The first-order chi connectivity index (χ1) is 10.3. The minimum Gasteiger partial charge on any atom is -0.487 e. The SMILES string of the molecule is Cn1ccc2cc(OC3CN(C(=O)OC(C)(C)C)C3)ccc21. The van der Waals surface area contributed by atoms with Crippen LogP contribution in [0, 0.1) is 0 Å². The fourth-order valence-corrected chi connectivity index (χ4v) is 2.51. The number of likely N-dealkylation sites (tertiary alicyclic amines) is 1. The lowest BCUT2D eigenvalue weighted by atomic mass is 10.1. The summed E-state index contributed by atoms with van der Waals surface area (Å²) in [6.07, 6.45) is 1.79. The molecule has 1 amide bonds. The Morgan fingerprint density at radius 2 is 1.95 bits per heavy atom. The fraction of sp³-hybridized carbons (Fsp3) is 0.471. The molecule has 1 aromatic carbocycles. The van der Waals surface area contributed by atoms with E-state index in [1.165, 1.54) is 5.52 Å². The Morgan fingerprint density at radius 3 is 2.64 bits per heavy atom. The largest absolute Gasteiger partial charge is 0.487 e. The van der Waals surface area contributed by atoms with Crippen molar-refractivity contribution in [3.63, 3.8) is 0 Å². The maximum absolute atomic E-state index is 11.9. The molecule has 0 N–H and O–H groups in total. The topological polar surface area (TPSA) is 43.7 Å². The van der Waals surface area contributed by atoms with Crippen LogP contribution in [0.3, 0.4) is 0 Å². The maximum atomic E-state index is 11.9. The van der Waals surface area contributed by atoms with E-state index in [1.807, 2.05) is 46.1 Å². The van der Waals surface area contributed by atoms with Crippen molar-refractivity contribution in [2.45, 2.75) is 32.5 Å². The Hall–Kier alpha value is -2.17. The zero-order valence-electron chi connectivity index (χ0n) is 13.5. The van der Waals surface area contributed by atoms with E-state index in [9.17, 15) is 4.79 Å². The molecule has 5 nitrogen and oxygen atoms in total. The lowest BCUT2D eigenvalue weighted by Crippen LogP contribution is -2.57. The highest BCUT2D eigenvalue weighted by Crippen LogP contribution is 2.24. The molecule has 0 aliphatic carbocycles. The molecule has 5 heteroatoms. The normalized spacial score (nSPS) is 15.7. The lowest BCUT2D eigenvalue weighted by molar-refractivity contribution is -0.0221. The van der Waals surface area contributed by atoms with Gasteiger partial charge in [-0.15, -0.1) is 0 Å². The number of carbonyl (C=O) groups is 1. The van der Waals surface area contributed by atoms with Gasteiger partial charge in [-0.25, -0.2) is 4.79 Å². The molecule has 2 aromatic rings. The average molecular weight is 302 g/mol. The predicted molar refractivity (Wildman–Crippen MR) is 85.1 cm³/mol. The molecule has 1 saturated heterocycles. The predicted octanol–water partition coefficient (Wildman–Crippen LogP) is 3.18. The van der Waals surface area contributed by atoms with Crippen molar-refractivity contribution in [2.75, 3.05) is 13.1 Å². The minimum absolute atomic E-state index is 0.0358. The standard InChI is InChI=1S/C17H22N2O3/c1-17(2,3)22-16(20)19-10-14(11-19)21-13-5-6-15-12(9-13)7-8-18(15)4/h5-9,14H,10-11H2,1-4H3. The average Bonchev–Trinajstić information content (AvgIpc) is 2.72. The molecule has 1 aromatic heterocycles. The summed E-state index contributed by atoms with van der Waals surface area (Å²) < 4.78 is 13.3. The first kappa shape index (κ1) is 14.8. The van der Waals surface area contributed by atoms with Crippen LogP contribution in [0.5, 0.6) is 5.75 Å². The summed E-state index contributed by atoms with van der Waals surface area (Å²) in [4.78, 5) is 13.5. The van der Waals surface area contributed by atoms with Crippen LogP contribution in [0.1, 0.15) is 20.8 Å². The van der Waals surface area contributed by atoms with Crippen molar-refractivity contribution in [3.8, 4) is 5.75 Å². The number of benzene rings is 1. The first-order valence-electron chi connectivity index (χ1n) is 7.51. The van der Waals surface area contributed by atoms with Crippen molar-refractivity contribution >= 4 is 17.0 Å². The van der Waals surface area contributed by atoms with Crippen LogP contribution in [0.4, 0.5) is 4.79 Å². The molecule has 1 fully saturated rings. The van der Waals surface area contributed by atoms with Crippen molar-refractivity contribution in [1.29, 1.82) is 0 Å². The van der Waals surface area contributed by atoms with Gasteiger partial charge in [-0.3, -0.25) is 0 Å². The summed E-state index contributed by atoms with van der Waals surface area (Å²) in [5.74, 6) is 0.840. The van der Waals surface area contributed by atoms with Gasteiger partial charge < -0.3 is 18.9 Å². The highest BCUT2D eigenvalue weighted by atomic mass is 16.6. The summed E-state index contributed by atoms with van der Waals surface area (Å²) in [6, 6.07) is 8.12. The molecule has 0 spiro atoms. The molecule has 0 saturated carbocycles. The van der Waals surface area contributed by atoms with Crippen molar-refractivity contribution < 1.29 is 14.3 Å². The number of ether oxygens (including phenoxy) is 2. The number of hydrogen-bond acceptors (Lipinski definition) is 3. The quantitative estimate of drug-likeness (QED) is 0.856. The van der Waals surface area contributed by atoms with Gasteiger partial charge in [0.25, 0.3) is 0 Å². The van der Waals surface area contributed by atoms with Gasteiger partial charge in [-0.05, 0) is 45.0 Å². The molecule has 0 radical (unpaired) electrons. The number of nitrogens with zero attached hydrogens (tertiary/aromatic N) is 2. The van der Waals surface area contributed by atoms with Crippen LogP contribution in [-0.4, -0.2) is 40.4 Å². The second kappa shape index (κ2) is 5.23. The zero-order valence-corrected chi connectivity index (χ0v) is 13.5. The molecule has 1 aliphatic heterocycles.